The van der Waals surface area contributed by atoms with E-state index in [9.17, 15) is 29.3 Å². The molecule has 1 saturated heterocycles. The van der Waals surface area contributed by atoms with Crippen molar-refractivity contribution in [3.05, 3.63) is 69.8 Å². The minimum atomic E-state index is -1.26. The molecular formula is C24H23NO11. The minimum Gasteiger partial charge on any atom is -0.461 e. The second kappa shape index (κ2) is 11.4. The average Bonchev–Trinajstić information content (AvgIpc) is 2.82. The topological polar surface area (TPSA) is 158 Å². The number of benzene rings is 2. The van der Waals surface area contributed by atoms with E-state index in [-0.39, 0.29) is 29.4 Å². The zero-order valence-electron chi connectivity index (χ0n) is 19.6. The molecule has 1 aliphatic rings. The molecule has 0 aromatic heterocycles. The minimum absolute atomic E-state index is 0.131. The maximum absolute atomic E-state index is 12.7. The molecule has 36 heavy (non-hydrogen) atoms. The fourth-order valence-corrected chi connectivity index (χ4v) is 3.53. The summed E-state index contributed by atoms with van der Waals surface area (Å²) >= 11 is 0. The average molecular weight is 501 g/mol. The van der Waals surface area contributed by atoms with Gasteiger partial charge in [0.1, 0.15) is 5.75 Å². The summed E-state index contributed by atoms with van der Waals surface area (Å²) in [6.07, 6.45) is -4.69. The monoisotopic (exact) mass is 501 g/mol. The molecule has 190 valence electrons. The predicted octanol–water partition coefficient (Wildman–Crippen LogP) is 2.36. The van der Waals surface area contributed by atoms with Crippen LogP contribution in [0.2, 0.25) is 0 Å². The van der Waals surface area contributed by atoms with Crippen molar-refractivity contribution in [3.63, 3.8) is 0 Å². The molecular weight excluding hydrogens is 478 g/mol. The quantitative estimate of drug-likeness (QED) is 0.172. The van der Waals surface area contributed by atoms with Gasteiger partial charge in [-0.3, -0.25) is 29.3 Å². The van der Waals surface area contributed by atoms with Crippen molar-refractivity contribution in [2.24, 2.45) is 0 Å². The summed E-state index contributed by atoms with van der Waals surface area (Å²) in [7, 11) is 0. The van der Waals surface area contributed by atoms with E-state index in [1.54, 1.807) is 0 Å². The maximum Gasteiger partial charge on any atom is 0.303 e. The van der Waals surface area contributed by atoms with Gasteiger partial charge < -0.3 is 23.7 Å². The van der Waals surface area contributed by atoms with Crippen LogP contribution in [0.15, 0.2) is 48.5 Å². The normalized spacial score (nSPS) is 21.1. The van der Waals surface area contributed by atoms with E-state index in [4.69, 9.17) is 23.7 Å². The molecule has 0 spiro atoms. The largest absolute Gasteiger partial charge is 0.461 e. The summed E-state index contributed by atoms with van der Waals surface area (Å²) in [5.41, 5.74) is 0.429. The molecule has 1 aliphatic heterocycles. The Hall–Kier alpha value is -4.32. The zero-order valence-corrected chi connectivity index (χ0v) is 19.6. The highest BCUT2D eigenvalue weighted by atomic mass is 16.7. The Morgan fingerprint density at radius 1 is 0.806 bits per heavy atom. The van der Waals surface area contributed by atoms with Gasteiger partial charge in [0.2, 0.25) is 12.4 Å². The van der Waals surface area contributed by atoms with E-state index in [1.165, 1.54) is 55.5 Å². The Bertz CT molecular complexity index is 1140. The fraction of sp³-hybridized carbons (Fsp3) is 0.333. The van der Waals surface area contributed by atoms with Gasteiger partial charge in [0.25, 0.3) is 5.69 Å². The molecule has 0 radical (unpaired) electrons. The number of esters is 3. The Morgan fingerprint density at radius 3 is 1.81 bits per heavy atom. The van der Waals surface area contributed by atoms with Crippen molar-refractivity contribution in [2.45, 2.75) is 45.4 Å². The SMILES string of the molecule is CC(=O)O[C@@H]1[C@@H](OC(C)=O)[C@H](Oc2ccc(C(=O)c3ccc([N+](=O)[O-])cc3)cc2)OC[C@H]1OC(C)=O. The van der Waals surface area contributed by atoms with Gasteiger partial charge in [-0.15, -0.1) is 0 Å². The van der Waals surface area contributed by atoms with Gasteiger partial charge in [0.15, 0.2) is 18.0 Å². The van der Waals surface area contributed by atoms with Crippen LogP contribution >= 0.6 is 0 Å². The number of hydrogen-bond acceptors (Lipinski definition) is 11. The lowest BCUT2D eigenvalue weighted by atomic mass is 10.0. The molecule has 2 aromatic rings. The van der Waals surface area contributed by atoms with Gasteiger partial charge in [-0.05, 0) is 36.4 Å². The van der Waals surface area contributed by atoms with E-state index in [2.05, 4.69) is 0 Å². The van der Waals surface area contributed by atoms with E-state index in [0.29, 0.717) is 5.56 Å². The lowest BCUT2D eigenvalue weighted by Gasteiger charge is -2.40. The number of non-ortho nitro benzene ring substituents is 1. The lowest BCUT2D eigenvalue weighted by molar-refractivity contribution is -0.384. The molecule has 0 N–H and O–H groups in total. The fourth-order valence-electron chi connectivity index (χ4n) is 3.53. The highest BCUT2D eigenvalue weighted by Crippen LogP contribution is 2.27. The number of ether oxygens (including phenoxy) is 5. The Balaban J connectivity index is 1.77. The smallest absolute Gasteiger partial charge is 0.303 e. The van der Waals surface area contributed by atoms with Crippen LogP contribution in [-0.4, -0.2) is 59.8 Å². The molecule has 12 heteroatoms. The van der Waals surface area contributed by atoms with Gasteiger partial charge >= 0.3 is 17.9 Å². The molecule has 12 nitrogen and oxygen atoms in total. The number of nitro groups is 1. The van der Waals surface area contributed by atoms with Gasteiger partial charge in [-0.1, -0.05) is 0 Å². The number of hydrogen-bond donors (Lipinski definition) is 0. The second-order valence-corrected chi connectivity index (χ2v) is 7.77. The summed E-state index contributed by atoms with van der Waals surface area (Å²) in [5.74, 6) is -2.16. The molecule has 0 saturated carbocycles. The predicted molar refractivity (Wildman–Crippen MR) is 120 cm³/mol. The van der Waals surface area contributed by atoms with Gasteiger partial charge in [-0.25, -0.2) is 0 Å². The van der Waals surface area contributed by atoms with E-state index in [0.717, 1.165) is 13.8 Å². The molecule has 0 bridgehead atoms. The van der Waals surface area contributed by atoms with Crippen LogP contribution in [0.5, 0.6) is 5.75 Å². The van der Waals surface area contributed by atoms with Crippen LogP contribution < -0.4 is 4.74 Å². The van der Waals surface area contributed by atoms with Crippen molar-refractivity contribution in [3.8, 4) is 5.75 Å². The van der Waals surface area contributed by atoms with E-state index >= 15 is 0 Å². The molecule has 3 rings (SSSR count). The van der Waals surface area contributed by atoms with Crippen molar-refractivity contribution in [2.75, 3.05) is 6.61 Å². The molecule has 2 aromatic carbocycles. The Morgan fingerprint density at radius 2 is 1.31 bits per heavy atom. The van der Waals surface area contributed by atoms with Crippen molar-refractivity contribution in [1.29, 1.82) is 0 Å². The highest BCUT2D eigenvalue weighted by Gasteiger charge is 2.48. The van der Waals surface area contributed by atoms with Crippen molar-refractivity contribution in [1.82, 2.24) is 0 Å². The first-order chi connectivity index (χ1) is 17.0. The number of nitro benzene ring substituents is 1. The van der Waals surface area contributed by atoms with E-state index in [1.807, 2.05) is 0 Å². The number of carbonyl (C=O) groups excluding carboxylic acids is 4. The van der Waals surface area contributed by atoms with Crippen LogP contribution in [0, 0.1) is 10.1 Å². The summed E-state index contributed by atoms with van der Waals surface area (Å²) < 4.78 is 27.1. The Labute approximate surface area is 205 Å². The summed E-state index contributed by atoms with van der Waals surface area (Å²) in [6, 6.07) is 11.1. The second-order valence-electron chi connectivity index (χ2n) is 7.77. The van der Waals surface area contributed by atoms with Crippen LogP contribution in [-0.2, 0) is 33.3 Å². The molecule has 1 fully saturated rings. The van der Waals surface area contributed by atoms with Gasteiger partial charge in [0.05, 0.1) is 11.5 Å². The third-order valence-electron chi connectivity index (χ3n) is 5.01. The van der Waals surface area contributed by atoms with Crippen LogP contribution in [0.4, 0.5) is 5.69 Å². The first kappa shape index (κ1) is 26.3. The Kier molecular flexibility index (Phi) is 8.33. The molecule has 4 atom stereocenters. The van der Waals surface area contributed by atoms with Crippen molar-refractivity contribution < 1.29 is 47.8 Å². The number of carbonyl (C=O) groups is 4. The number of rotatable bonds is 8. The molecule has 0 unspecified atom stereocenters. The molecule has 1 heterocycles. The third-order valence-corrected chi connectivity index (χ3v) is 5.01. The first-order valence-electron chi connectivity index (χ1n) is 10.7. The third kappa shape index (κ3) is 6.63. The van der Waals surface area contributed by atoms with Crippen LogP contribution in [0.3, 0.4) is 0 Å². The van der Waals surface area contributed by atoms with Gasteiger partial charge in [-0.2, -0.15) is 0 Å². The van der Waals surface area contributed by atoms with Gasteiger partial charge in [0, 0.05) is 44.0 Å². The van der Waals surface area contributed by atoms with Crippen molar-refractivity contribution >= 4 is 29.4 Å². The first-order valence-corrected chi connectivity index (χ1v) is 10.7. The molecule has 0 amide bonds. The summed E-state index contributed by atoms with van der Waals surface area (Å²) in [5, 5.41) is 10.8. The zero-order chi connectivity index (χ0) is 26.4. The van der Waals surface area contributed by atoms with Crippen LogP contribution in [0.1, 0.15) is 36.7 Å². The number of nitrogens with zero attached hydrogens (tertiary/aromatic N) is 1. The summed E-state index contributed by atoms with van der Waals surface area (Å²) in [6.45, 7) is 3.28. The lowest BCUT2D eigenvalue weighted by Crippen LogP contribution is -2.59. The summed E-state index contributed by atoms with van der Waals surface area (Å²) in [4.78, 5) is 57.8. The molecule has 0 aliphatic carbocycles. The van der Waals surface area contributed by atoms with E-state index < -0.39 is 47.4 Å². The number of ketones is 1. The van der Waals surface area contributed by atoms with Crippen LogP contribution in [0.25, 0.3) is 0 Å². The maximum atomic E-state index is 12.7. The highest BCUT2D eigenvalue weighted by molar-refractivity contribution is 6.09. The standard InChI is InChI=1S/C24H23NO11/c1-13(26)33-20-12-32-24(23(35-15(3)28)22(20)34-14(2)27)36-19-10-6-17(7-11-19)21(29)16-4-8-18(9-5-16)25(30)31/h4-11,20,22-24H,12H2,1-3H3/t20-,22+,23-,24+/m1/s1.